The largest absolute Gasteiger partial charge is 0.384 e. The number of aliphatic hydroxyl groups is 1. The molecule has 1 fully saturated rings. The number of carbonyl (C=O) groups excluding carboxylic acids is 5. The summed E-state index contributed by atoms with van der Waals surface area (Å²) >= 11 is 0. The maximum Gasteiger partial charge on any atom is 0.208 e. The van der Waals surface area contributed by atoms with Crippen LogP contribution in [0.2, 0.25) is 0 Å². The van der Waals surface area contributed by atoms with Gasteiger partial charge >= 0.3 is 0 Å². The molecule has 57 heavy (non-hydrogen) atoms. The molecule has 0 aromatic carbocycles. The average molecular weight is 819 g/mol. The van der Waals surface area contributed by atoms with E-state index in [2.05, 4.69) is 42.1 Å². The Morgan fingerprint density at radius 3 is 1.49 bits per heavy atom. The number of ketones is 5. The van der Waals surface area contributed by atoms with Crippen molar-refractivity contribution in [1.82, 2.24) is 9.80 Å². The normalized spacial score (nSPS) is 12.9. The zero-order valence-corrected chi connectivity index (χ0v) is 38.1. The van der Waals surface area contributed by atoms with E-state index in [0.717, 1.165) is 12.0 Å². The Hall–Kier alpha value is -4.17. The maximum absolute atomic E-state index is 12.8. The van der Waals surface area contributed by atoms with E-state index >= 15 is 0 Å². The zero-order valence-electron chi connectivity index (χ0n) is 37.3. The summed E-state index contributed by atoms with van der Waals surface area (Å²) in [5.41, 5.74) is 0. The van der Waals surface area contributed by atoms with E-state index in [1.54, 1.807) is 54.5 Å². The smallest absolute Gasteiger partial charge is 0.208 e. The Balaban J connectivity index is -0.000000193. The van der Waals surface area contributed by atoms with Gasteiger partial charge in [-0.1, -0.05) is 99.7 Å². The van der Waals surface area contributed by atoms with Gasteiger partial charge in [0.15, 0.2) is 15.6 Å². The lowest BCUT2D eigenvalue weighted by molar-refractivity contribution is -0.117. The first-order valence-electron chi connectivity index (χ1n) is 18.9. The lowest BCUT2D eigenvalue weighted by Gasteiger charge is -2.10. The number of hydrogen-bond donors (Lipinski definition) is 1. The van der Waals surface area contributed by atoms with E-state index in [1.165, 1.54) is 0 Å². The van der Waals surface area contributed by atoms with Crippen LogP contribution < -0.4 is 0 Å². The molecule has 1 heterocycles. The highest BCUT2D eigenvalue weighted by atomic mass is 32.2. The summed E-state index contributed by atoms with van der Waals surface area (Å²) in [7, 11) is 0.878. The molecule has 0 aromatic heterocycles. The monoisotopic (exact) mass is 818 g/mol. The SMILES string of the molecule is C#CC(=O)C(C)C.C=CS(=O)(=O)C(C)C.CC#CC(=O)C(C)C.CC(C)C(=O)/C=C/CN1CC[C@H](F)C1.CC(C)C(=O)C#CCN(C)C.CC(C)C(=O)C#CCO. The lowest BCUT2D eigenvalue weighted by Crippen LogP contribution is -2.21. The second-order valence-corrected chi connectivity index (χ2v) is 17.0. The van der Waals surface area contributed by atoms with Gasteiger partial charge in [-0.15, -0.1) is 6.42 Å². The molecule has 1 rings (SSSR count). The van der Waals surface area contributed by atoms with Gasteiger partial charge in [-0.2, -0.15) is 0 Å². The van der Waals surface area contributed by atoms with Crippen LogP contribution in [0.3, 0.4) is 0 Å². The second kappa shape index (κ2) is 37.4. The molecule has 0 amide bonds. The van der Waals surface area contributed by atoms with Crippen molar-refractivity contribution < 1.29 is 41.9 Å². The van der Waals surface area contributed by atoms with Crippen molar-refractivity contribution in [2.24, 2.45) is 29.6 Å². The number of hydrogen-bond acceptors (Lipinski definition) is 10. The van der Waals surface area contributed by atoms with E-state index in [9.17, 15) is 36.8 Å². The summed E-state index contributed by atoms with van der Waals surface area (Å²) in [5.74, 6) is 17.0. The van der Waals surface area contributed by atoms with Crippen molar-refractivity contribution in [3.63, 3.8) is 0 Å². The molecule has 0 unspecified atom stereocenters. The molecular formula is C45H71FN2O8S. The molecule has 12 heteroatoms. The zero-order chi connectivity index (χ0) is 45.9. The van der Waals surface area contributed by atoms with E-state index in [0.29, 0.717) is 26.1 Å². The van der Waals surface area contributed by atoms with Gasteiger partial charge in [0.2, 0.25) is 23.1 Å². The molecule has 0 aromatic rings. The molecule has 10 nitrogen and oxygen atoms in total. The number of likely N-dealkylation sites (tertiary alicyclic amines) is 1. The molecule has 1 N–H and O–H groups in total. The number of allylic oxidation sites excluding steroid dienone is 1. The Morgan fingerprint density at radius 2 is 1.25 bits per heavy atom. The molecule has 0 bridgehead atoms. The summed E-state index contributed by atoms with van der Waals surface area (Å²) in [4.78, 5) is 57.5. The molecule has 0 saturated carbocycles. The number of aliphatic hydroxyl groups excluding tert-OH is 1. The van der Waals surface area contributed by atoms with Crippen LogP contribution in [0, 0.1) is 77.5 Å². The molecule has 1 aliphatic heterocycles. The highest BCUT2D eigenvalue weighted by Gasteiger charge is 2.20. The van der Waals surface area contributed by atoms with E-state index in [-0.39, 0.29) is 70.4 Å². The summed E-state index contributed by atoms with van der Waals surface area (Å²) < 4.78 is 33.9. The van der Waals surface area contributed by atoms with Crippen molar-refractivity contribution in [1.29, 1.82) is 0 Å². The van der Waals surface area contributed by atoms with Gasteiger partial charge in [0.1, 0.15) is 12.8 Å². The number of halogens is 1. The van der Waals surface area contributed by atoms with E-state index in [4.69, 9.17) is 11.5 Å². The average Bonchev–Trinajstić information content (AvgIpc) is 3.55. The molecular weight excluding hydrogens is 748 g/mol. The van der Waals surface area contributed by atoms with Crippen molar-refractivity contribution in [3.8, 4) is 47.9 Å². The summed E-state index contributed by atoms with van der Waals surface area (Å²) in [5, 5.41) is 8.82. The minimum Gasteiger partial charge on any atom is -0.384 e. The Kier molecular flexibility index (Phi) is 40.7. The van der Waals surface area contributed by atoms with Gasteiger partial charge in [-0.25, -0.2) is 12.8 Å². The molecule has 0 aliphatic carbocycles. The van der Waals surface area contributed by atoms with Crippen LogP contribution in [0.1, 0.15) is 96.4 Å². The number of rotatable bonds is 11. The van der Waals surface area contributed by atoms with Crippen LogP contribution in [-0.2, 0) is 33.8 Å². The second-order valence-electron chi connectivity index (χ2n) is 14.5. The number of terminal acetylenes is 1. The Bertz CT molecular complexity index is 1580. The summed E-state index contributed by atoms with van der Waals surface area (Å²) in [6.07, 6.45) is 8.17. The van der Waals surface area contributed by atoms with Crippen molar-refractivity contribution in [2.45, 2.75) is 108 Å². The maximum atomic E-state index is 12.8. The standard InChI is InChI=1S/C11H18FNO.C9H15NO.C7H10O2.C7H10O.C6H8O.C5H10O2S/c1-9(2)11(14)4-3-6-13-7-5-10(12)8-13;1-8(2)9(11)6-5-7-10(3)4;1-6(2)7(9)4-3-5-8;1-4-5-7(8)6(2)3;1-4-6(7)5(2)3;1-4-8(6,7)5(2)3/h3-4,9-10H,5-8H2,1-2H3;8H,7H2,1-4H3;6,8H,5H2,1-2H3;6H,1-3H3;1,5H,2-3H3;4-5H,1H2,2-3H3/b4-3+;;;;;/t10-;;;;;/m0...../s1. The molecule has 0 spiro atoms. The molecule has 1 saturated heterocycles. The van der Waals surface area contributed by atoms with Crippen LogP contribution in [0.5, 0.6) is 0 Å². The van der Waals surface area contributed by atoms with Gasteiger partial charge in [0.25, 0.3) is 0 Å². The van der Waals surface area contributed by atoms with Crippen molar-refractivity contribution in [3.05, 3.63) is 24.1 Å². The minimum absolute atomic E-state index is 0.00926. The highest BCUT2D eigenvalue weighted by Crippen LogP contribution is 2.11. The Morgan fingerprint density at radius 1 is 0.807 bits per heavy atom. The van der Waals surface area contributed by atoms with E-state index < -0.39 is 16.0 Å². The van der Waals surface area contributed by atoms with E-state index in [1.807, 2.05) is 77.4 Å². The number of alkyl halides is 1. The van der Waals surface area contributed by atoms with Crippen molar-refractivity contribution in [2.75, 3.05) is 46.9 Å². The fourth-order valence-corrected chi connectivity index (χ4v) is 3.17. The predicted molar refractivity (Wildman–Crippen MR) is 232 cm³/mol. The van der Waals surface area contributed by atoms with Gasteiger partial charge < -0.3 is 5.11 Å². The fraction of sp³-hybridized carbons (Fsp3) is 0.622. The summed E-state index contributed by atoms with van der Waals surface area (Å²) in [6, 6.07) is 0. The van der Waals surface area contributed by atoms with Crippen LogP contribution >= 0.6 is 0 Å². The van der Waals surface area contributed by atoms with Crippen LogP contribution in [0.15, 0.2) is 24.1 Å². The first-order chi connectivity index (χ1) is 26.2. The third-order valence-electron chi connectivity index (χ3n) is 6.70. The van der Waals surface area contributed by atoms with Crippen LogP contribution in [0.25, 0.3) is 0 Å². The Labute approximate surface area is 345 Å². The third kappa shape index (κ3) is 42.8. The fourth-order valence-electron chi connectivity index (χ4n) is 2.79. The topological polar surface area (TPSA) is 146 Å². The quantitative estimate of drug-likeness (QED) is 0.154. The minimum atomic E-state index is -2.97. The molecule has 1 aliphatic rings. The lowest BCUT2D eigenvalue weighted by atomic mass is 10.1. The third-order valence-corrected chi connectivity index (χ3v) is 8.48. The van der Waals surface area contributed by atoms with Gasteiger partial charge in [-0.05, 0) is 71.0 Å². The summed E-state index contributed by atoms with van der Waals surface area (Å²) in [6.45, 7) is 28.7. The van der Waals surface area contributed by atoms with Crippen LogP contribution in [-0.4, -0.2) is 111 Å². The van der Waals surface area contributed by atoms with Crippen molar-refractivity contribution >= 4 is 38.8 Å². The first-order valence-corrected chi connectivity index (χ1v) is 20.5. The number of sulfone groups is 1. The number of carbonyl (C=O) groups is 5. The predicted octanol–water partition coefficient (Wildman–Crippen LogP) is 5.83. The van der Waals surface area contributed by atoms with Gasteiger partial charge in [0.05, 0.1) is 11.8 Å². The van der Waals surface area contributed by atoms with Gasteiger partial charge in [0, 0.05) is 54.6 Å². The van der Waals surface area contributed by atoms with Gasteiger partial charge in [-0.3, -0.25) is 33.8 Å². The van der Waals surface area contributed by atoms with Crippen LogP contribution in [0.4, 0.5) is 4.39 Å². The first kappa shape index (κ1) is 62.0. The molecule has 0 radical (unpaired) electrons. The number of nitrogens with zero attached hydrogens (tertiary/aromatic N) is 2. The molecule has 1 atom stereocenters. The molecule has 322 valence electrons. The number of Topliss-reactive ketones (excluding diaryl/α,β-unsaturated/α-hetero) is 4. The highest BCUT2D eigenvalue weighted by molar-refractivity contribution is 7.94.